The first-order valence-electron chi connectivity index (χ1n) is 5.69. The normalized spacial score (nSPS) is 12.9. The van der Waals surface area contributed by atoms with Crippen molar-refractivity contribution in [2.75, 3.05) is 0 Å². The molecular formula is C10H17N7. The van der Waals surface area contributed by atoms with Gasteiger partial charge in [0.15, 0.2) is 5.82 Å². The quantitative estimate of drug-likeness (QED) is 0.803. The predicted octanol–water partition coefficient (Wildman–Crippen LogP) is 0.255. The maximum Gasteiger partial charge on any atom is 0.154 e. The molecule has 2 aromatic rings. The molecule has 0 saturated carbocycles. The van der Waals surface area contributed by atoms with E-state index in [-0.39, 0.29) is 6.04 Å². The number of aromatic nitrogens is 6. The SMILES string of the molecule is CCCC(N)c1cn(Cc2nncn2C)nn1. The molecule has 0 bridgehead atoms. The molecule has 7 heteroatoms. The number of nitrogens with two attached hydrogens (primary N) is 1. The lowest BCUT2D eigenvalue weighted by molar-refractivity contribution is 0.602. The highest BCUT2D eigenvalue weighted by Gasteiger charge is 2.10. The summed E-state index contributed by atoms with van der Waals surface area (Å²) in [6.45, 7) is 2.66. The molecule has 0 aromatic carbocycles. The van der Waals surface area contributed by atoms with Crippen LogP contribution in [0, 0.1) is 0 Å². The Balaban J connectivity index is 2.06. The predicted molar refractivity (Wildman–Crippen MR) is 62.0 cm³/mol. The lowest BCUT2D eigenvalue weighted by Crippen LogP contribution is -2.10. The number of hydrogen-bond acceptors (Lipinski definition) is 5. The van der Waals surface area contributed by atoms with Gasteiger partial charge in [0, 0.05) is 7.05 Å². The van der Waals surface area contributed by atoms with Crippen LogP contribution in [0.25, 0.3) is 0 Å². The van der Waals surface area contributed by atoms with Gasteiger partial charge in [-0.25, -0.2) is 4.68 Å². The highest BCUT2D eigenvalue weighted by atomic mass is 15.4. The van der Waals surface area contributed by atoms with Crippen LogP contribution in [-0.2, 0) is 13.6 Å². The number of aryl methyl sites for hydroxylation is 1. The largest absolute Gasteiger partial charge is 0.323 e. The van der Waals surface area contributed by atoms with Gasteiger partial charge in [-0.2, -0.15) is 0 Å². The van der Waals surface area contributed by atoms with Crippen molar-refractivity contribution in [1.82, 2.24) is 29.8 Å². The lowest BCUT2D eigenvalue weighted by Gasteiger charge is -2.04. The van der Waals surface area contributed by atoms with Gasteiger partial charge in [-0.05, 0) is 6.42 Å². The second kappa shape index (κ2) is 5.05. The molecule has 7 nitrogen and oxygen atoms in total. The third-order valence-electron chi connectivity index (χ3n) is 2.64. The minimum absolute atomic E-state index is 0.0340. The Morgan fingerprint density at radius 3 is 2.88 bits per heavy atom. The van der Waals surface area contributed by atoms with E-state index in [0.717, 1.165) is 24.4 Å². The van der Waals surface area contributed by atoms with E-state index < -0.39 is 0 Å². The monoisotopic (exact) mass is 235 g/mol. The van der Waals surface area contributed by atoms with Crippen LogP contribution in [0.3, 0.4) is 0 Å². The molecule has 0 radical (unpaired) electrons. The molecule has 1 unspecified atom stereocenters. The minimum atomic E-state index is -0.0340. The van der Waals surface area contributed by atoms with Crippen molar-refractivity contribution >= 4 is 0 Å². The Hall–Kier alpha value is -1.76. The Kier molecular flexibility index (Phi) is 3.48. The fourth-order valence-electron chi connectivity index (χ4n) is 1.61. The molecule has 0 amide bonds. The van der Waals surface area contributed by atoms with Crippen LogP contribution in [0.4, 0.5) is 0 Å². The van der Waals surface area contributed by atoms with Crippen molar-refractivity contribution < 1.29 is 0 Å². The van der Waals surface area contributed by atoms with E-state index in [1.807, 2.05) is 17.8 Å². The minimum Gasteiger partial charge on any atom is -0.323 e. The van der Waals surface area contributed by atoms with Gasteiger partial charge in [-0.1, -0.05) is 18.6 Å². The summed E-state index contributed by atoms with van der Waals surface area (Å²) >= 11 is 0. The Bertz CT molecular complexity index is 472. The smallest absolute Gasteiger partial charge is 0.154 e. The van der Waals surface area contributed by atoms with Gasteiger partial charge in [0.25, 0.3) is 0 Å². The average Bonchev–Trinajstić information content (AvgIpc) is 2.90. The highest BCUT2D eigenvalue weighted by Crippen LogP contribution is 2.12. The molecule has 0 spiro atoms. The molecule has 17 heavy (non-hydrogen) atoms. The zero-order valence-electron chi connectivity index (χ0n) is 10.1. The first-order valence-corrected chi connectivity index (χ1v) is 5.69. The summed E-state index contributed by atoms with van der Waals surface area (Å²) in [6.07, 6.45) is 5.49. The highest BCUT2D eigenvalue weighted by molar-refractivity contribution is 5.00. The van der Waals surface area contributed by atoms with Crippen LogP contribution < -0.4 is 5.73 Å². The van der Waals surface area contributed by atoms with Crippen LogP contribution in [0.1, 0.15) is 37.3 Å². The summed E-state index contributed by atoms with van der Waals surface area (Å²) in [5.41, 5.74) is 6.80. The summed E-state index contributed by atoms with van der Waals surface area (Å²) in [7, 11) is 1.90. The molecule has 92 valence electrons. The molecule has 2 heterocycles. The average molecular weight is 235 g/mol. The summed E-state index contributed by atoms with van der Waals surface area (Å²) < 4.78 is 3.59. The van der Waals surface area contributed by atoms with Crippen LogP contribution in [0.2, 0.25) is 0 Å². The van der Waals surface area contributed by atoms with Crippen molar-refractivity contribution in [3.8, 4) is 0 Å². The van der Waals surface area contributed by atoms with E-state index in [4.69, 9.17) is 5.73 Å². The zero-order valence-corrected chi connectivity index (χ0v) is 10.1. The molecule has 2 rings (SSSR count). The second-order valence-electron chi connectivity index (χ2n) is 4.09. The van der Waals surface area contributed by atoms with E-state index in [2.05, 4.69) is 27.4 Å². The first kappa shape index (κ1) is 11.7. The van der Waals surface area contributed by atoms with E-state index >= 15 is 0 Å². The van der Waals surface area contributed by atoms with Crippen LogP contribution in [-0.4, -0.2) is 29.8 Å². The Morgan fingerprint density at radius 1 is 1.41 bits per heavy atom. The molecule has 1 atom stereocenters. The second-order valence-corrected chi connectivity index (χ2v) is 4.09. The van der Waals surface area contributed by atoms with Gasteiger partial charge in [-0.3, -0.25) is 0 Å². The standard InChI is InChI=1S/C10H17N7/c1-3-4-8(11)9-5-17(15-13-9)6-10-14-12-7-16(10)2/h5,7-8H,3-4,6,11H2,1-2H3. The Labute approximate surface area is 99.6 Å². The summed E-state index contributed by atoms with van der Waals surface area (Å²) in [6, 6.07) is -0.0340. The van der Waals surface area contributed by atoms with Gasteiger partial charge >= 0.3 is 0 Å². The molecule has 0 saturated heterocycles. The van der Waals surface area contributed by atoms with Gasteiger partial charge in [-0.15, -0.1) is 15.3 Å². The van der Waals surface area contributed by atoms with Crippen molar-refractivity contribution in [2.45, 2.75) is 32.4 Å². The lowest BCUT2D eigenvalue weighted by atomic mass is 10.1. The molecule has 0 aliphatic heterocycles. The summed E-state index contributed by atoms with van der Waals surface area (Å²) in [5, 5.41) is 15.9. The topological polar surface area (TPSA) is 87.4 Å². The fourth-order valence-corrected chi connectivity index (χ4v) is 1.61. The van der Waals surface area contributed by atoms with E-state index in [0.29, 0.717) is 6.54 Å². The van der Waals surface area contributed by atoms with Gasteiger partial charge in [0.1, 0.15) is 12.9 Å². The molecule has 0 aliphatic rings. The zero-order chi connectivity index (χ0) is 12.3. The van der Waals surface area contributed by atoms with Crippen molar-refractivity contribution in [3.05, 3.63) is 24.0 Å². The van der Waals surface area contributed by atoms with Crippen LogP contribution in [0.5, 0.6) is 0 Å². The molecule has 2 N–H and O–H groups in total. The van der Waals surface area contributed by atoms with Gasteiger partial charge in [0.2, 0.25) is 0 Å². The Morgan fingerprint density at radius 2 is 2.24 bits per heavy atom. The van der Waals surface area contributed by atoms with E-state index in [1.165, 1.54) is 0 Å². The molecular weight excluding hydrogens is 218 g/mol. The third kappa shape index (κ3) is 2.68. The number of rotatable bonds is 5. The maximum absolute atomic E-state index is 5.97. The number of nitrogens with zero attached hydrogens (tertiary/aromatic N) is 6. The van der Waals surface area contributed by atoms with Crippen LogP contribution in [0.15, 0.2) is 12.5 Å². The third-order valence-corrected chi connectivity index (χ3v) is 2.64. The van der Waals surface area contributed by atoms with E-state index in [1.54, 1.807) is 11.0 Å². The maximum atomic E-state index is 5.97. The fraction of sp³-hybridized carbons (Fsp3) is 0.600. The van der Waals surface area contributed by atoms with Crippen LogP contribution >= 0.6 is 0 Å². The molecule has 0 fully saturated rings. The number of hydrogen-bond donors (Lipinski definition) is 1. The summed E-state index contributed by atoms with van der Waals surface area (Å²) in [5.74, 6) is 0.838. The van der Waals surface area contributed by atoms with Crippen molar-refractivity contribution in [2.24, 2.45) is 12.8 Å². The molecule has 2 aromatic heterocycles. The van der Waals surface area contributed by atoms with Crippen molar-refractivity contribution in [3.63, 3.8) is 0 Å². The van der Waals surface area contributed by atoms with Crippen molar-refractivity contribution in [1.29, 1.82) is 0 Å². The first-order chi connectivity index (χ1) is 8.20. The van der Waals surface area contributed by atoms with Gasteiger partial charge < -0.3 is 10.3 Å². The summed E-state index contributed by atoms with van der Waals surface area (Å²) in [4.78, 5) is 0. The van der Waals surface area contributed by atoms with E-state index in [9.17, 15) is 0 Å². The molecule has 0 aliphatic carbocycles. The van der Waals surface area contributed by atoms with Gasteiger partial charge in [0.05, 0.1) is 17.9 Å².